The van der Waals surface area contributed by atoms with E-state index in [2.05, 4.69) is 19.9 Å². The third-order valence-electron chi connectivity index (χ3n) is 7.60. The zero-order valence-corrected chi connectivity index (χ0v) is 24.7. The van der Waals surface area contributed by atoms with Crippen LogP contribution < -0.4 is 15.8 Å². The van der Waals surface area contributed by atoms with E-state index in [4.69, 9.17) is 19.5 Å². The highest BCUT2D eigenvalue weighted by Gasteiger charge is 2.57. The normalized spacial score (nSPS) is 25.5. The second kappa shape index (κ2) is 12.1. The summed E-state index contributed by atoms with van der Waals surface area (Å²) < 4.78 is 49.2. The fraction of sp³-hybridized carbons (Fsp3) is 0.538. The Kier molecular flexibility index (Phi) is 9.09. The van der Waals surface area contributed by atoms with Gasteiger partial charge < -0.3 is 30.2 Å². The molecule has 3 aromatic rings. The van der Waals surface area contributed by atoms with E-state index in [0.29, 0.717) is 0 Å². The third kappa shape index (κ3) is 6.20. The molecular formula is C26H36FN6O8P. The molecule has 16 heteroatoms. The van der Waals surface area contributed by atoms with Crippen molar-refractivity contribution in [1.82, 2.24) is 24.6 Å². The van der Waals surface area contributed by atoms with E-state index in [1.54, 1.807) is 18.2 Å². The van der Waals surface area contributed by atoms with Crippen LogP contribution in [-0.2, 0) is 24.5 Å². The molecule has 0 bridgehead atoms. The number of hydrogen-bond acceptors (Lipinski definition) is 10. The first-order chi connectivity index (χ1) is 19.7. The number of imidazole rings is 1. The lowest BCUT2D eigenvalue weighted by molar-refractivity contribution is -0.171. The Morgan fingerprint density at radius 1 is 1.24 bits per heavy atom. The van der Waals surface area contributed by atoms with E-state index in [9.17, 15) is 24.4 Å². The standard InChI is InChI=1S/C26H36FN6O8P/c1-13(2)14(3)11-33(16(5)23(36)37)42(38,41-17-9-7-6-8-10-17)39-12-18-20(34)15(4)26(27,40-18)24-29-19-21(30-24)31-25(28)32-22(19)35/h6-10,13-16,18,20,34H,11-12H2,1-5H3,(H,36,37)(H4,28,29,30,31,32,35)/t14?,15-,16+,18-,20+,26-,42-/m1/s1. The third-order valence-corrected chi connectivity index (χ3v) is 9.66. The molecule has 1 aliphatic rings. The van der Waals surface area contributed by atoms with E-state index in [1.807, 2.05) is 20.8 Å². The van der Waals surface area contributed by atoms with Crippen molar-refractivity contribution in [3.63, 3.8) is 0 Å². The van der Waals surface area contributed by atoms with Gasteiger partial charge in [-0.05, 0) is 30.9 Å². The summed E-state index contributed by atoms with van der Waals surface area (Å²) in [5, 5.41) is 20.8. The van der Waals surface area contributed by atoms with Crippen molar-refractivity contribution in [3.05, 3.63) is 46.5 Å². The molecule has 7 atom stereocenters. The van der Waals surface area contributed by atoms with Gasteiger partial charge in [0.2, 0.25) is 5.95 Å². The molecule has 1 fully saturated rings. The molecule has 6 N–H and O–H groups in total. The van der Waals surface area contributed by atoms with Gasteiger partial charge in [-0.15, -0.1) is 0 Å². The summed E-state index contributed by atoms with van der Waals surface area (Å²) in [4.78, 5) is 37.0. The van der Waals surface area contributed by atoms with Crippen LogP contribution in [0.3, 0.4) is 0 Å². The van der Waals surface area contributed by atoms with Gasteiger partial charge in [0.25, 0.3) is 11.4 Å². The minimum Gasteiger partial charge on any atom is -0.480 e. The summed E-state index contributed by atoms with van der Waals surface area (Å²) in [5.41, 5.74) is 4.60. The highest BCUT2D eigenvalue weighted by Crippen LogP contribution is 2.55. The number of H-pyrrole nitrogens is 2. The molecule has 0 amide bonds. The van der Waals surface area contributed by atoms with E-state index in [1.165, 1.54) is 26.0 Å². The number of nitrogens with two attached hydrogens (primary N) is 1. The molecule has 2 aromatic heterocycles. The average Bonchev–Trinajstić information content (AvgIpc) is 3.46. The first-order valence-corrected chi connectivity index (χ1v) is 15.0. The number of aliphatic carboxylic acids is 1. The largest absolute Gasteiger partial charge is 0.480 e. The number of para-hydroxylation sites is 1. The summed E-state index contributed by atoms with van der Waals surface area (Å²) in [6.45, 7) is 7.90. The van der Waals surface area contributed by atoms with Gasteiger partial charge in [-0.3, -0.25) is 19.1 Å². The Hall–Kier alpha value is -3.36. The van der Waals surface area contributed by atoms with Crippen molar-refractivity contribution >= 4 is 30.8 Å². The number of rotatable bonds is 12. The van der Waals surface area contributed by atoms with Crippen LogP contribution in [0.5, 0.6) is 5.75 Å². The molecule has 14 nitrogen and oxygen atoms in total. The lowest BCUT2D eigenvalue weighted by Crippen LogP contribution is -2.42. The topological polar surface area (TPSA) is 206 Å². The summed E-state index contributed by atoms with van der Waals surface area (Å²) >= 11 is 0. The van der Waals surface area contributed by atoms with Gasteiger partial charge >= 0.3 is 13.7 Å². The maximum Gasteiger partial charge on any atom is 0.462 e. The van der Waals surface area contributed by atoms with Crippen molar-refractivity contribution in [2.75, 3.05) is 18.9 Å². The van der Waals surface area contributed by atoms with E-state index < -0.39 is 61.7 Å². The number of alkyl halides is 1. The number of aliphatic hydroxyl groups is 1. The zero-order chi connectivity index (χ0) is 31.0. The van der Waals surface area contributed by atoms with Gasteiger partial charge in [0.1, 0.15) is 17.9 Å². The summed E-state index contributed by atoms with van der Waals surface area (Å²) in [6, 6.07) is 6.79. The van der Waals surface area contributed by atoms with Crippen LogP contribution in [0.4, 0.5) is 10.3 Å². The van der Waals surface area contributed by atoms with Gasteiger partial charge in [-0.2, -0.15) is 9.65 Å². The monoisotopic (exact) mass is 610 g/mol. The quantitative estimate of drug-likeness (QED) is 0.188. The molecule has 4 rings (SSSR count). The number of carbonyl (C=O) groups is 1. The molecule has 1 aliphatic heterocycles. The number of aromatic amines is 2. The van der Waals surface area contributed by atoms with Crippen molar-refractivity contribution < 1.29 is 37.7 Å². The molecule has 1 aromatic carbocycles. The highest BCUT2D eigenvalue weighted by atomic mass is 31.2. The number of benzene rings is 1. The van der Waals surface area contributed by atoms with Crippen LogP contribution in [0.25, 0.3) is 11.2 Å². The number of aliphatic hydroxyl groups excluding tert-OH is 1. The van der Waals surface area contributed by atoms with Crippen molar-refractivity contribution in [1.29, 1.82) is 0 Å². The highest BCUT2D eigenvalue weighted by molar-refractivity contribution is 7.51. The van der Waals surface area contributed by atoms with Crippen molar-refractivity contribution in [2.24, 2.45) is 17.8 Å². The van der Waals surface area contributed by atoms with Gasteiger partial charge in [0.15, 0.2) is 17.0 Å². The number of nitrogens with zero attached hydrogens (tertiary/aromatic N) is 3. The van der Waals surface area contributed by atoms with Crippen molar-refractivity contribution in [3.8, 4) is 5.75 Å². The minimum absolute atomic E-state index is 0.0381. The molecule has 0 spiro atoms. The number of ether oxygens (including phenoxy) is 1. The van der Waals surface area contributed by atoms with Crippen LogP contribution >= 0.6 is 7.75 Å². The Balaban J connectivity index is 1.65. The molecule has 3 heterocycles. The van der Waals surface area contributed by atoms with E-state index in [0.717, 1.165) is 4.67 Å². The van der Waals surface area contributed by atoms with Crippen LogP contribution in [0.15, 0.2) is 35.1 Å². The molecule has 0 saturated carbocycles. The summed E-state index contributed by atoms with van der Waals surface area (Å²) in [6.07, 6.45) is -2.86. The predicted molar refractivity (Wildman–Crippen MR) is 150 cm³/mol. The zero-order valence-electron chi connectivity index (χ0n) is 23.9. The number of nitrogen functional groups attached to an aromatic ring is 1. The summed E-state index contributed by atoms with van der Waals surface area (Å²) in [7, 11) is -4.46. The lowest BCUT2D eigenvalue weighted by Gasteiger charge is -2.35. The fourth-order valence-corrected chi connectivity index (χ4v) is 6.48. The Labute approximate surface area is 241 Å². The van der Waals surface area contributed by atoms with Gasteiger partial charge in [0, 0.05) is 6.54 Å². The number of carboxylic acids is 1. The van der Waals surface area contributed by atoms with Gasteiger partial charge in [0.05, 0.1) is 18.6 Å². The van der Waals surface area contributed by atoms with Crippen LogP contribution in [0.1, 0.15) is 40.4 Å². The number of carboxylic acid groups (broad SMARTS) is 1. The van der Waals surface area contributed by atoms with Crippen LogP contribution in [-0.4, -0.2) is 72.2 Å². The number of aromatic nitrogens is 4. The second-order valence-electron chi connectivity index (χ2n) is 10.8. The molecular weight excluding hydrogens is 574 g/mol. The van der Waals surface area contributed by atoms with Gasteiger partial charge in [-0.25, -0.2) is 13.9 Å². The van der Waals surface area contributed by atoms with E-state index in [-0.39, 0.29) is 41.2 Å². The maximum absolute atomic E-state index is 16.3. The summed E-state index contributed by atoms with van der Waals surface area (Å²) in [5.74, 6) is -5.71. The minimum atomic E-state index is -4.46. The van der Waals surface area contributed by atoms with Crippen LogP contribution in [0.2, 0.25) is 0 Å². The van der Waals surface area contributed by atoms with Gasteiger partial charge in [-0.1, -0.05) is 45.9 Å². The number of nitrogens with one attached hydrogen (secondary N) is 2. The molecule has 42 heavy (non-hydrogen) atoms. The number of anilines is 1. The molecule has 0 aliphatic carbocycles. The number of fused-ring (bicyclic) bond motifs is 1. The lowest BCUT2D eigenvalue weighted by atomic mass is 9.96. The smallest absolute Gasteiger partial charge is 0.462 e. The van der Waals surface area contributed by atoms with E-state index >= 15 is 4.39 Å². The molecule has 230 valence electrons. The number of halogens is 1. The SMILES string of the molecule is CC(C)C(C)CN([C@@H](C)C(=O)O)[P@@](=O)(OC[C@H]1O[C@@](F)(c2nc3nc(N)[nH]c(=O)c3[nH]2)[C@H](C)[C@@H]1O)Oc1ccccc1. The Morgan fingerprint density at radius 3 is 2.52 bits per heavy atom. The number of hydrogen-bond donors (Lipinski definition) is 5. The molecule has 0 radical (unpaired) electrons. The van der Waals surface area contributed by atoms with Crippen LogP contribution in [0, 0.1) is 17.8 Å². The Morgan fingerprint density at radius 2 is 1.90 bits per heavy atom. The Bertz CT molecular complexity index is 1520. The molecule has 1 unspecified atom stereocenters. The van der Waals surface area contributed by atoms with Crippen molar-refractivity contribution in [2.45, 2.75) is 58.7 Å². The fourth-order valence-electron chi connectivity index (χ4n) is 4.47. The predicted octanol–water partition coefficient (Wildman–Crippen LogP) is 3.02. The first-order valence-electron chi connectivity index (χ1n) is 13.5. The molecule has 1 saturated heterocycles. The second-order valence-corrected chi connectivity index (χ2v) is 12.7. The first kappa shape index (κ1) is 31.6. The average molecular weight is 611 g/mol. The maximum atomic E-state index is 16.3.